The van der Waals surface area contributed by atoms with Gasteiger partial charge in [-0.2, -0.15) is 0 Å². The second-order valence-corrected chi connectivity index (χ2v) is 35.9. The molecule has 0 unspecified atom stereocenters. The zero-order valence-corrected chi connectivity index (χ0v) is 71.7. The quantitative estimate of drug-likeness (QED) is 0.0253. The lowest BCUT2D eigenvalue weighted by molar-refractivity contribution is -0.120. The zero-order valence-electron chi connectivity index (χ0n) is 67.6. The van der Waals surface area contributed by atoms with E-state index in [9.17, 15) is 67.2 Å². The Morgan fingerprint density at radius 1 is 0.398 bits per heavy atom. The molecule has 6 aromatic heterocycles. The molecule has 34 nitrogen and oxygen atoms in total. The van der Waals surface area contributed by atoms with Crippen molar-refractivity contribution >= 4 is 158 Å². The zero-order chi connectivity index (χ0) is 91.1. The van der Waals surface area contributed by atoms with Gasteiger partial charge >= 0.3 is 18.0 Å². The number of fused-ring (bicyclic) bond motifs is 4. The van der Waals surface area contributed by atoms with Crippen LogP contribution in [0.3, 0.4) is 0 Å². The summed E-state index contributed by atoms with van der Waals surface area (Å²) in [6.45, 7) is 8.93. The summed E-state index contributed by atoms with van der Waals surface area (Å²) in [4.78, 5) is 110. The van der Waals surface area contributed by atoms with Crippen LogP contribution in [0, 0.1) is 0 Å². The molecular weight excluding hydrogens is 1810 g/mol. The number of nitrogens with zero attached hydrogens (tertiary/aromatic N) is 10. The Morgan fingerprint density at radius 3 is 1.08 bits per heavy atom. The van der Waals surface area contributed by atoms with Gasteiger partial charge in [0.25, 0.3) is 63.3 Å². The number of nitrogens with two attached hydrogens (primary N) is 1. The fourth-order valence-electron chi connectivity index (χ4n) is 11.7. The number of nitrogen functional groups attached to an aromatic ring is 1. The molecule has 3 fully saturated rings. The first-order chi connectivity index (χ1) is 60.6. The van der Waals surface area contributed by atoms with E-state index in [1.54, 1.807) is 120 Å². The first-order valence-electron chi connectivity index (χ1n) is 38.1. The molecule has 3 saturated heterocycles. The molecule has 0 spiro atoms. The van der Waals surface area contributed by atoms with Crippen LogP contribution in [0.25, 0.3) is 43.6 Å². The van der Waals surface area contributed by atoms with Crippen LogP contribution in [0.1, 0.15) is 124 Å². The summed E-state index contributed by atoms with van der Waals surface area (Å²) in [5.41, 5.74) is 11.0. The summed E-state index contributed by atoms with van der Waals surface area (Å²) in [6, 6.07) is 68.0. The summed E-state index contributed by atoms with van der Waals surface area (Å²) in [5.74, 6) is -2.50. The minimum Gasteiger partial charge on any atom is -0.478 e. The number of carboxylic acids is 2. The average molecular weight is 1910 g/mol. The Bertz CT molecular complexity index is 6780. The van der Waals surface area contributed by atoms with E-state index in [4.69, 9.17) is 31.4 Å². The molecule has 39 heteroatoms. The maximum atomic E-state index is 12.9. The Labute approximate surface area is 777 Å². The standard InChI is InChI=1S/C24H19N5O4S.C18H16N4O3S.C16H12N2O4S.C9H8N2.C8H15NO2.C7H5ClO4S.C6H5NO2.6CH4/c30-23(28-15-29(16-28)24(31)21-7-1-2-13-25-21)18-9-11-19(12-10-18)34(32,33)27-20-8-3-5-17-6-4-14-26-22(17)20;23-18(22-11-19-12-22)14-6-8-15(9-7-14)26(24,25)21-16-5-1-3-13-4-2-10-20-17(13)16;19-11-22-13-6-8-14(9-7-13)23(20,21)18-15-5-1-3-12-4-2-10-17-16(12)15;10-8-5-1-3-7-4-2-6-11-9(7)8;1-8(2,3)11-7(10)9-5-4-6-9;8-13(11,12)6-3-1-5(2-4-6)7(9)10;8-6(9)5-3-1-2-4-7-5;;;;;;/h1-14,27H,15-16H2;1-10,19,21H,11-12H2;1-11,18H;1-6H,10H2;4-6H2,1-3H3;1-4H,(H,9,10);1-4H,(H,8,9);6*1H4. The van der Waals surface area contributed by atoms with Gasteiger partial charge in [0.2, 0.25) is 0 Å². The number of carboxylic acid groups (broad SMARTS) is 2. The normalized spacial score (nSPS) is 12.1. The summed E-state index contributed by atoms with van der Waals surface area (Å²) in [7, 11) is -10.2. The molecule has 133 heavy (non-hydrogen) atoms. The molecule has 0 atom stereocenters. The maximum Gasteiger partial charge on any atom is 0.410 e. The van der Waals surface area contributed by atoms with Gasteiger partial charge in [0, 0.05) is 93.6 Å². The largest absolute Gasteiger partial charge is 0.478 e. The van der Waals surface area contributed by atoms with E-state index in [1.165, 1.54) is 113 Å². The molecule has 4 amide bonds. The van der Waals surface area contributed by atoms with Crippen LogP contribution in [0.4, 0.5) is 27.5 Å². The van der Waals surface area contributed by atoms with E-state index in [2.05, 4.69) is 54.1 Å². The summed E-state index contributed by atoms with van der Waals surface area (Å²) in [5, 5.41) is 23.4. The van der Waals surface area contributed by atoms with Crippen molar-refractivity contribution < 1.29 is 86.9 Å². The number of rotatable bonds is 17. The number of aromatic nitrogens is 6. The van der Waals surface area contributed by atoms with Crippen LogP contribution < -0.4 is 30.0 Å². The van der Waals surface area contributed by atoms with E-state index in [0.29, 0.717) is 63.8 Å². The number of aromatic carboxylic acids is 2. The van der Waals surface area contributed by atoms with Crippen molar-refractivity contribution in [3.63, 3.8) is 0 Å². The Balaban J connectivity index is 0.000000286. The van der Waals surface area contributed by atoms with E-state index in [-0.39, 0.29) is 130 Å². The molecule has 9 heterocycles. The molecule has 3 aliphatic heterocycles. The van der Waals surface area contributed by atoms with Gasteiger partial charge in [-0.25, -0.2) is 53.0 Å². The molecule has 0 aliphatic carbocycles. The molecule has 8 N–H and O–H groups in total. The smallest absolute Gasteiger partial charge is 0.410 e. The van der Waals surface area contributed by atoms with E-state index in [0.717, 1.165) is 64.4 Å². The Morgan fingerprint density at radius 2 is 0.744 bits per heavy atom. The predicted molar refractivity (Wildman–Crippen MR) is 516 cm³/mol. The maximum absolute atomic E-state index is 12.9. The number of anilines is 4. The average Bonchev–Trinajstić information content (AvgIpc) is 0.795. The molecule has 700 valence electrons. The fraction of sp³-hybridized carbons (Fsp3) is 0.181. The lowest BCUT2D eigenvalue weighted by atomic mass is 10.2. The minimum absolute atomic E-state index is 0. The number of sulfonamides is 3. The van der Waals surface area contributed by atoms with Gasteiger partial charge in [0.05, 0.1) is 96.6 Å². The molecule has 0 radical (unpaired) electrons. The Hall–Kier alpha value is -15.0. The summed E-state index contributed by atoms with van der Waals surface area (Å²) < 4.78 is 115. The summed E-state index contributed by atoms with van der Waals surface area (Å²) >= 11 is 0. The number of carbonyl (C=O) groups is 7. The number of halogens is 1. The number of carbonyl (C=O) groups excluding carboxylic acids is 5. The van der Waals surface area contributed by atoms with Gasteiger partial charge in [-0.05, 0) is 197 Å². The van der Waals surface area contributed by atoms with Crippen molar-refractivity contribution in [1.29, 1.82) is 0 Å². The van der Waals surface area contributed by atoms with Gasteiger partial charge in [0.1, 0.15) is 22.7 Å². The fourth-order valence-corrected chi connectivity index (χ4v) is 15.7. The van der Waals surface area contributed by atoms with Crippen molar-refractivity contribution in [2.24, 2.45) is 0 Å². The molecule has 3 aliphatic rings. The van der Waals surface area contributed by atoms with Gasteiger partial charge < -0.3 is 45.0 Å². The molecule has 17 rings (SSSR count). The van der Waals surface area contributed by atoms with Crippen LogP contribution in [-0.4, -0.2) is 181 Å². The third-order valence-electron chi connectivity index (χ3n) is 18.2. The van der Waals surface area contributed by atoms with Crippen LogP contribution in [0.5, 0.6) is 5.75 Å². The topological polar surface area (TPSA) is 479 Å². The van der Waals surface area contributed by atoms with E-state index >= 15 is 0 Å². The molecule has 8 aromatic carbocycles. The van der Waals surface area contributed by atoms with Crippen LogP contribution in [0.15, 0.2) is 312 Å². The minimum atomic E-state index is -3.88. The number of hydrogen-bond acceptors (Lipinski definition) is 25. The number of pyridine rings is 6. The lowest BCUT2D eigenvalue weighted by Gasteiger charge is -2.42. The highest BCUT2D eigenvalue weighted by Gasteiger charge is 2.34. The highest BCUT2D eigenvalue weighted by Crippen LogP contribution is 2.30. The number of para-hydroxylation sites is 4. The SMILES string of the molecule is C.C.C.C.C.C.CC(C)(C)OC(=O)N1CCC1.Nc1cccc2cccnc12.O=C(O)c1ccc(S(=O)(=O)Cl)cc1.O=C(O)c1ccccn1.O=C(c1ccc(S(=O)(=O)Nc2cccc3cccnc23)cc1)N1CN(C(=O)c2ccccn2)C1.O=C(c1ccc(S(=O)(=O)Nc2cccc3cccnc23)cc1)N1CNC1.O=COc1ccc(S(=O)(=O)Nc2cccc3cccnc23)cc1. The van der Waals surface area contributed by atoms with Gasteiger partial charge in [-0.1, -0.05) is 129 Å². The molecular formula is C94H104ClN15O19S4. The first-order valence-corrected chi connectivity index (χ1v) is 44.9. The Kier molecular flexibility index (Phi) is 40.1. The highest BCUT2D eigenvalue weighted by molar-refractivity contribution is 8.13. The second kappa shape index (κ2) is 49.2. The number of likely N-dealkylation sites (tertiary alicyclic amines) is 1. The van der Waals surface area contributed by atoms with Crippen molar-refractivity contribution in [1.82, 2.24) is 54.8 Å². The van der Waals surface area contributed by atoms with Crippen LogP contribution in [0.2, 0.25) is 0 Å². The number of nitrogens with one attached hydrogen (secondary N) is 4. The predicted octanol–water partition coefficient (Wildman–Crippen LogP) is 16.9. The number of hydrogen-bond donors (Lipinski definition) is 7. The monoisotopic (exact) mass is 1910 g/mol. The van der Waals surface area contributed by atoms with Gasteiger partial charge in [-0.3, -0.25) is 63.6 Å². The van der Waals surface area contributed by atoms with Gasteiger partial charge in [-0.15, -0.1) is 0 Å². The summed E-state index contributed by atoms with van der Waals surface area (Å²) in [6.07, 6.45) is 10.5. The third-order valence-corrected chi connectivity index (χ3v) is 23.8. The van der Waals surface area contributed by atoms with E-state index in [1.807, 2.05) is 87.5 Å². The van der Waals surface area contributed by atoms with Crippen molar-refractivity contribution in [3.05, 3.63) is 320 Å². The van der Waals surface area contributed by atoms with Crippen LogP contribution >= 0.6 is 10.7 Å². The van der Waals surface area contributed by atoms with Gasteiger partial charge in [0.15, 0.2) is 0 Å². The molecule has 14 aromatic rings. The number of amides is 4. The second-order valence-electron chi connectivity index (χ2n) is 28.3. The van der Waals surface area contributed by atoms with Crippen molar-refractivity contribution in [2.45, 2.75) is 96.9 Å². The first kappa shape index (κ1) is 109. The molecule has 0 saturated carbocycles. The molecule has 0 bridgehead atoms. The van der Waals surface area contributed by atoms with Crippen LogP contribution in [-0.2, 0) is 48.7 Å². The number of benzene rings is 8. The lowest BCUT2D eigenvalue weighted by Crippen LogP contribution is -2.59. The number of ether oxygens (including phenoxy) is 2. The van der Waals surface area contributed by atoms with Crippen molar-refractivity contribution in [3.8, 4) is 5.75 Å². The van der Waals surface area contributed by atoms with E-state index < -0.39 is 51.1 Å². The van der Waals surface area contributed by atoms with Crippen molar-refractivity contribution in [2.75, 3.05) is 59.7 Å². The third kappa shape index (κ3) is 29.8. The highest BCUT2D eigenvalue weighted by atomic mass is 35.7.